The van der Waals surface area contributed by atoms with Crippen molar-refractivity contribution in [1.82, 2.24) is 0 Å². The van der Waals surface area contributed by atoms with Gasteiger partial charge in [-0.15, -0.1) is 0 Å². The Morgan fingerprint density at radius 3 is 1.61 bits per heavy atom. The average Bonchev–Trinajstić information content (AvgIpc) is 2.73. The van der Waals surface area contributed by atoms with E-state index < -0.39 is 0 Å². The normalized spacial score (nSPS) is 13.0. The molecule has 0 aliphatic carbocycles. The Morgan fingerprint density at radius 2 is 1.19 bits per heavy atom. The third-order valence-electron chi connectivity index (χ3n) is 5.80. The molecule has 2 nitrogen and oxygen atoms in total. The van der Waals surface area contributed by atoms with Crippen molar-refractivity contribution in [2.24, 2.45) is 0 Å². The fourth-order valence-electron chi connectivity index (χ4n) is 4.14. The van der Waals surface area contributed by atoms with E-state index in [1.54, 1.807) is 7.11 Å². The lowest BCUT2D eigenvalue weighted by Crippen LogP contribution is -2.20. The first kappa shape index (κ1) is 22.8. The molecule has 0 spiro atoms. The van der Waals surface area contributed by atoms with Gasteiger partial charge in [-0.2, -0.15) is 0 Å². The second-order valence-corrected chi connectivity index (χ2v) is 10.3. The van der Waals surface area contributed by atoms with Gasteiger partial charge in [0.2, 0.25) is 0 Å². The van der Waals surface area contributed by atoms with E-state index in [0.717, 1.165) is 12.0 Å². The summed E-state index contributed by atoms with van der Waals surface area (Å²) in [6.07, 6.45) is 0.893. The molecule has 0 heterocycles. The summed E-state index contributed by atoms with van der Waals surface area (Å²) in [4.78, 5) is 11.2. The molecule has 162 valence electrons. The smallest absolute Gasteiger partial charge is 0.150 e. The van der Waals surface area contributed by atoms with Crippen LogP contribution < -0.4 is 4.74 Å². The van der Waals surface area contributed by atoms with Gasteiger partial charge in [-0.25, -0.2) is 0 Å². The number of ether oxygens (including phenoxy) is 1. The molecule has 0 saturated carbocycles. The summed E-state index contributed by atoms with van der Waals surface area (Å²) in [6, 6.07) is 23.1. The molecule has 0 amide bonds. The first-order chi connectivity index (χ1) is 14.6. The molecule has 3 aromatic carbocycles. The van der Waals surface area contributed by atoms with Crippen molar-refractivity contribution in [2.45, 2.75) is 58.3 Å². The summed E-state index contributed by atoms with van der Waals surface area (Å²) in [6.45, 7) is 13.4. The zero-order valence-corrected chi connectivity index (χ0v) is 19.8. The highest BCUT2D eigenvalue weighted by atomic mass is 16.5. The number of hydrogen-bond donors (Lipinski definition) is 0. The molecule has 0 aromatic heterocycles. The zero-order chi connectivity index (χ0) is 22.8. The van der Waals surface area contributed by atoms with Crippen molar-refractivity contribution in [1.29, 1.82) is 0 Å². The lowest BCUT2D eigenvalue weighted by atomic mass is 9.75. The SMILES string of the molecule is COc1c(C(C)(C)C)cc([C@@H](c2ccccc2)c2ccc(C=O)cc2)cc1C(C)(C)C. The van der Waals surface area contributed by atoms with Crippen LogP contribution in [0.5, 0.6) is 5.75 Å². The highest BCUT2D eigenvalue weighted by Crippen LogP contribution is 2.44. The van der Waals surface area contributed by atoms with Crippen LogP contribution in [0, 0.1) is 0 Å². The van der Waals surface area contributed by atoms with Gasteiger partial charge in [0.05, 0.1) is 7.11 Å². The molecule has 1 atom stereocenters. The van der Waals surface area contributed by atoms with E-state index in [4.69, 9.17) is 4.74 Å². The lowest BCUT2D eigenvalue weighted by Gasteiger charge is -2.31. The minimum atomic E-state index is -0.0655. The van der Waals surface area contributed by atoms with Gasteiger partial charge in [0.1, 0.15) is 12.0 Å². The van der Waals surface area contributed by atoms with Crippen LogP contribution in [0.25, 0.3) is 0 Å². The van der Waals surface area contributed by atoms with Crippen molar-refractivity contribution >= 4 is 6.29 Å². The Hall–Kier alpha value is -2.87. The molecule has 0 unspecified atom stereocenters. The van der Waals surface area contributed by atoms with Crippen molar-refractivity contribution < 1.29 is 9.53 Å². The van der Waals surface area contributed by atoms with Crippen molar-refractivity contribution in [3.05, 3.63) is 100 Å². The van der Waals surface area contributed by atoms with Crippen LogP contribution in [0.4, 0.5) is 0 Å². The largest absolute Gasteiger partial charge is 0.496 e. The second kappa shape index (κ2) is 8.70. The number of methoxy groups -OCH3 is 1. The molecule has 0 bridgehead atoms. The third kappa shape index (κ3) is 4.90. The van der Waals surface area contributed by atoms with Gasteiger partial charge in [0.25, 0.3) is 0 Å². The van der Waals surface area contributed by atoms with Crippen LogP contribution >= 0.6 is 0 Å². The fraction of sp³-hybridized carbons (Fsp3) is 0.345. The Balaban J connectivity index is 2.33. The minimum Gasteiger partial charge on any atom is -0.496 e. The standard InChI is InChI=1S/C29H34O2/c1-28(2,3)24-17-23(18-25(27(24)31-7)29(4,5)6)26(21-11-9-8-10-12-21)22-15-13-20(19-30)14-16-22/h8-19,26H,1-7H3/t26-/m0/s1. The van der Waals surface area contributed by atoms with Gasteiger partial charge < -0.3 is 4.74 Å². The van der Waals surface area contributed by atoms with Crippen LogP contribution in [0.1, 0.15) is 85.6 Å². The van der Waals surface area contributed by atoms with Gasteiger partial charge in [-0.3, -0.25) is 4.79 Å². The van der Waals surface area contributed by atoms with E-state index in [1.165, 1.54) is 27.8 Å². The predicted octanol–water partition coefficient (Wildman–Crippen LogP) is 7.28. The summed E-state index contributed by atoms with van der Waals surface area (Å²) in [5.74, 6) is 1.04. The number of carbonyl (C=O) groups excluding carboxylic acids is 1. The van der Waals surface area contributed by atoms with E-state index in [2.05, 4.69) is 90.1 Å². The molecule has 0 saturated heterocycles. The van der Waals surface area contributed by atoms with Crippen LogP contribution in [0.3, 0.4) is 0 Å². The Bertz CT molecular complexity index is 998. The van der Waals surface area contributed by atoms with Crippen LogP contribution in [-0.2, 0) is 10.8 Å². The number of carbonyl (C=O) groups is 1. The summed E-state index contributed by atoms with van der Waals surface area (Å²) < 4.78 is 5.97. The Kier molecular flexibility index (Phi) is 6.40. The summed E-state index contributed by atoms with van der Waals surface area (Å²) >= 11 is 0. The maximum atomic E-state index is 11.2. The molecular weight excluding hydrogens is 380 g/mol. The molecular formula is C29H34O2. The number of hydrogen-bond acceptors (Lipinski definition) is 2. The average molecular weight is 415 g/mol. The van der Waals surface area contributed by atoms with E-state index in [0.29, 0.717) is 5.56 Å². The highest BCUT2D eigenvalue weighted by molar-refractivity contribution is 5.74. The lowest BCUT2D eigenvalue weighted by molar-refractivity contribution is 0.112. The third-order valence-corrected chi connectivity index (χ3v) is 5.80. The number of rotatable bonds is 5. The fourth-order valence-corrected chi connectivity index (χ4v) is 4.14. The number of benzene rings is 3. The van der Waals surface area contributed by atoms with Gasteiger partial charge >= 0.3 is 0 Å². The van der Waals surface area contributed by atoms with E-state index in [1.807, 2.05) is 18.2 Å². The first-order valence-electron chi connectivity index (χ1n) is 10.9. The highest BCUT2D eigenvalue weighted by Gasteiger charge is 2.29. The van der Waals surface area contributed by atoms with Gasteiger partial charge in [-0.1, -0.05) is 108 Å². The minimum absolute atomic E-state index is 0.0648. The van der Waals surface area contributed by atoms with Crippen molar-refractivity contribution in [3.8, 4) is 5.75 Å². The topological polar surface area (TPSA) is 26.3 Å². The van der Waals surface area contributed by atoms with Gasteiger partial charge in [0.15, 0.2) is 0 Å². The molecule has 0 aliphatic rings. The van der Waals surface area contributed by atoms with Crippen LogP contribution in [0.2, 0.25) is 0 Å². The maximum absolute atomic E-state index is 11.2. The monoisotopic (exact) mass is 414 g/mol. The first-order valence-corrected chi connectivity index (χ1v) is 10.9. The van der Waals surface area contributed by atoms with Gasteiger partial charge in [-0.05, 0) is 27.5 Å². The van der Waals surface area contributed by atoms with Crippen molar-refractivity contribution in [3.63, 3.8) is 0 Å². The molecule has 0 aliphatic heterocycles. The van der Waals surface area contributed by atoms with Crippen molar-refractivity contribution in [2.75, 3.05) is 7.11 Å². The van der Waals surface area contributed by atoms with E-state index in [-0.39, 0.29) is 16.7 Å². The van der Waals surface area contributed by atoms with Gasteiger partial charge in [0, 0.05) is 22.6 Å². The molecule has 2 heteroatoms. The molecule has 3 rings (SSSR count). The van der Waals surface area contributed by atoms with E-state index >= 15 is 0 Å². The van der Waals surface area contributed by atoms with Crippen LogP contribution in [-0.4, -0.2) is 13.4 Å². The summed E-state index contributed by atoms with van der Waals surface area (Å²) in [5.41, 5.74) is 6.61. The zero-order valence-electron chi connectivity index (χ0n) is 19.8. The number of aldehydes is 1. The molecule has 0 radical (unpaired) electrons. The maximum Gasteiger partial charge on any atom is 0.150 e. The molecule has 31 heavy (non-hydrogen) atoms. The summed E-state index contributed by atoms with van der Waals surface area (Å²) in [5, 5.41) is 0. The van der Waals surface area contributed by atoms with E-state index in [9.17, 15) is 4.79 Å². The molecule has 0 N–H and O–H groups in total. The Morgan fingerprint density at radius 1 is 0.710 bits per heavy atom. The molecule has 3 aromatic rings. The second-order valence-electron chi connectivity index (χ2n) is 10.3. The predicted molar refractivity (Wildman–Crippen MR) is 130 cm³/mol. The quantitative estimate of drug-likeness (QED) is 0.324. The molecule has 0 fully saturated rings. The summed E-state index contributed by atoms with van der Waals surface area (Å²) in [7, 11) is 1.77. The Labute approximate surface area is 187 Å². The van der Waals surface area contributed by atoms with Crippen LogP contribution in [0.15, 0.2) is 66.7 Å².